The molecule has 1 spiro atoms. The summed E-state index contributed by atoms with van der Waals surface area (Å²) < 4.78 is 17.2. The molecular formula is C37H18N4OS+2. The molecule has 3 aliphatic heterocycles. The van der Waals surface area contributed by atoms with Crippen LogP contribution in [-0.2, 0) is 5.66 Å². The average Bonchev–Trinajstić information content (AvgIpc) is 3.85. The van der Waals surface area contributed by atoms with Crippen molar-refractivity contribution < 1.29 is 13.9 Å². The Morgan fingerprint density at radius 3 is 1.74 bits per heavy atom. The van der Waals surface area contributed by atoms with E-state index in [2.05, 4.69) is 126 Å². The normalized spacial score (nSPS) is 17.6. The summed E-state index contributed by atoms with van der Waals surface area (Å²) in [7, 11) is 0. The Labute approximate surface area is 246 Å². The lowest BCUT2D eigenvalue weighted by atomic mass is 9.85. The van der Waals surface area contributed by atoms with Crippen molar-refractivity contribution >= 4 is 88.0 Å². The number of imidazole rings is 2. The highest BCUT2D eigenvalue weighted by atomic mass is 32.1. The molecule has 5 nitrogen and oxygen atoms in total. The van der Waals surface area contributed by atoms with Gasteiger partial charge < -0.3 is 4.74 Å². The number of thiophene rings is 1. The predicted octanol–water partition coefficient (Wildman–Crippen LogP) is 7.78. The molecule has 0 bridgehead atoms. The van der Waals surface area contributed by atoms with Crippen LogP contribution in [0.3, 0.4) is 0 Å². The highest BCUT2D eigenvalue weighted by molar-refractivity contribution is 7.09. The summed E-state index contributed by atoms with van der Waals surface area (Å²) in [6.45, 7) is 0. The van der Waals surface area contributed by atoms with Gasteiger partial charge in [-0.25, -0.2) is 0 Å². The minimum absolute atomic E-state index is 0.644. The van der Waals surface area contributed by atoms with Crippen molar-refractivity contribution in [3.8, 4) is 11.5 Å². The lowest BCUT2D eigenvalue weighted by molar-refractivity contribution is -0.923. The van der Waals surface area contributed by atoms with E-state index in [0.29, 0.717) is 0 Å². The quantitative estimate of drug-likeness (QED) is 0.136. The SMILES string of the molecule is c1ccc2c(c1)c1ccc3c4c1c1n2c2ccccc2[n+]1C41c2c(ccc4c5cscc5n5c6ccccc6[n+]1c5c24)O3. The Balaban J connectivity index is 1.45. The number of benzene rings is 5. The minimum atomic E-state index is -0.644. The van der Waals surface area contributed by atoms with Crippen LogP contribution in [0.4, 0.5) is 0 Å². The second kappa shape index (κ2) is 6.16. The molecule has 3 aliphatic rings. The number of aromatic nitrogens is 4. The number of ether oxygens (including phenoxy) is 1. The molecule has 6 heteroatoms. The minimum Gasteiger partial charge on any atom is -0.456 e. The van der Waals surface area contributed by atoms with E-state index in [1.165, 1.54) is 87.8 Å². The lowest BCUT2D eigenvalue weighted by Crippen LogP contribution is -2.71. The molecule has 5 aromatic heterocycles. The van der Waals surface area contributed by atoms with Gasteiger partial charge in [0.15, 0.2) is 27.6 Å². The zero-order valence-corrected chi connectivity index (χ0v) is 23.3. The number of hydrogen-bond acceptors (Lipinski definition) is 2. The Morgan fingerprint density at radius 1 is 0.512 bits per heavy atom. The lowest BCUT2D eigenvalue weighted by Gasteiger charge is -2.31. The summed E-state index contributed by atoms with van der Waals surface area (Å²) in [5, 5.41) is 12.3. The van der Waals surface area contributed by atoms with Gasteiger partial charge in [0.05, 0.1) is 10.8 Å². The molecule has 0 N–H and O–H groups in total. The Hall–Kier alpha value is -5.46. The van der Waals surface area contributed by atoms with E-state index >= 15 is 0 Å². The highest BCUT2D eigenvalue weighted by Gasteiger charge is 2.67. The van der Waals surface area contributed by atoms with E-state index in [0.717, 1.165) is 11.5 Å². The number of fused-ring (bicyclic) bond motifs is 12. The number of hydrogen-bond donors (Lipinski definition) is 0. The van der Waals surface area contributed by atoms with Gasteiger partial charge in [-0.15, -0.1) is 11.3 Å². The second-order valence-electron chi connectivity index (χ2n) is 12.2. The van der Waals surface area contributed by atoms with Crippen molar-refractivity contribution in [1.29, 1.82) is 0 Å². The van der Waals surface area contributed by atoms with Gasteiger partial charge in [-0.05, 0) is 54.6 Å². The van der Waals surface area contributed by atoms with Crippen LogP contribution in [0.2, 0.25) is 0 Å². The molecule has 43 heavy (non-hydrogen) atoms. The van der Waals surface area contributed by atoms with Crippen LogP contribution in [-0.4, -0.2) is 8.80 Å². The summed E-state index contributed by atoms with van der Waals surface area (Å²) >= 11 is 1.78. The molecule has 10 aromatic rings. The van der Waals surface area contributed by atoms with Crippen molar-refractivity contribution in [1.82, 2.24) is 8.80 Å². The molecule has 1 unspecified atom stereocenters. The third-order valence-corrected chi connectivity index (χ3v) is 11.3. The standard InChI is InChI=1S/C37H18N4OS/c1-2-8-23-19(7-1)20-13-15-29-33-31(20)35-38(23)24-9-3-5-11-26(24)40(35)37(33)34-30(42-29)16-14-21-22-17-43-18-28(22)39-25-10-4-6-12-27(25)41(37)36(39)32(21)34/h1-18H/q+2. The van der Waals surface area contributed by atoms with E-state index in [9.17, 15) is 0 Å². The molecule has 1 atom stereocenters. The van der Waals surface area contributed by atoms with Crippen LogP contribution < -0.4 is 13.9 Å². The van der Waals surface area contributed by atoms with E-state index in [-0.39, 0.29) is 0 Å². The van der Waals surface area contributed by atoms with Crippen molar-refractivity contribution in [2.24, 2.45) is 0 Å². The fourth-order valence-electron chi connectivity index (χ4n) is 9.23. The fraction of sp³-hybridized carbons (Fsp3) is 0.0270. The largest absolute Gasteiger partial charge is 0.456 e. The van der Waals surface area contributed by atoms with Gasteiger partial charge in [0.2, 0.25) is 0 Å². The van der Waals surface area contributed by atoms with Crippen LogP contribution >= 0.6 is 11.3 Å². The molecule has 13 rings (SSSR count). The van der Waals surface area contributed by atoms with E-state index in [1.54, 1.807) is 11.3 Å². The Kier molecular flexibility index (Phi) is 2.93. The first-order valence-corrected chi connectivity index (χ1v) is 15.6. The van der Waals surface area contributed by atoms with Crippen molar-refractivity contribution in [3.63, 3.8) is 0 Å². The van der Waals surface area contributed by atoms with E-state index in [1.807, 2.05) is 0 Å². The maximum Gasteiger partial charge on any atom is 0.316 e. The Bertz CT molecular complexity index is 3050. The van der Waals surface area contributed by atoms with Gasteiger partial charge in [0.1, 0.15) is 28.1 Å². The van der Waals surface area contributed by atoms with Crippen LogP contribution in [0.25, 0.3) is 76.7 Å². The molecule has 0 saturated heterocycles. The highest BCUT2D eigenvalue weighted by Crippen LogP contribution is 2.59. The molecular weight excluding hydrogens is 549 g/mol. The summed E-state index contributed by atoms with van der Waals surface area (Å²) in [5.74, 6) is 1.88. The first kappa shape index (κ1) is 20.4. The topological polar surface area (TPSA) is 25.8 Å². The van der Waals surface area contributed by atoms with E-state index in [4.69, 9.17) is 4.74 Å². The molecule has 0 amide bonds. The second-order valence-corrected chi connectivity index (χ2v) is 12.9. The first-order valence-electron chi connectivity index (χ1n) is 14.7. The maximum absolute atomic E-state index is 6.93. The van der Waals surface area contributed by atoms with Crippen molar-refractivity contribution in [2.45, 2.75) is 5.66 Å². The number of rotatable bonds is 0. The summed E-state index contributed by atoms with van der Waals surface area (Å²) in [6, 6.07) is 35.7. The van der Waals surface area contributed by atoms with Gasteiger partial charge in [-0.3, -0.25) is 0 Å². The summed E-state index contributed by atoms with van der Waals surface area (Å²) in [4.78, 5) is 0. The first-order chi connectivity index (χ1) is 21.4. The molecule has 196 valence electrons. The monoisotopic (exact) mass is 566 g/mol. The third-order valence-electron chi connectivity index (χ3n) is 10.5. The molecule has 5 aromatic carbocycles. The molecule has 0 aliphatic carbocycles. The molecule has 0 saturated carbocycles. The number of nitrogens with zero attached hydrogens (tertiary/aromatic N) is 4. The van der Waals surface area contributed by atoms with Gasteiger partial charge in [0.25, 0.3) is 0 Å². The van der Waals surface area contributed by atoms with E-state index < -0.39 is 5.66 Å². The summed E-state index contributed by atoms with van der Waals surface area (Å²) in [5.41, 5.74) is 11.7. The number of pyridine rings is 2. The zero-order valence-electron chi connectivity index (χ0n) is 22.5. The maximum atomic E-state index is 6.93. The van der Waals surface area contributed by atoms with Gasteiger partial charge in [-0.1, -0.05) is 42.5 Å². The van der Waals surface area contributed by atoms with Gasteiger partial charge in [0, 0.05) is 32.3 Å². The number of para-hydroxylation sites is 5. The fourth-order valence-corrected chi connectivity index (χ4v) is 10.0. The predicted molar refractivity (Wildman–Crippen MR) is 170 cm³/mol. The van der Waals surface area contributed by atoms with Crippen molar-refractivity contribution in [2.75, 3.05) is 0 Å². The van der Waals surface area contributed by atoms with Crippen LogP contribution in [0.1, 0.15) is 11.1 Å². The van der Waals surface area contributed by atoms with Gasteiger partial charge in [-0.2, -0.15) is 17.9 Å². The van der Waals surface area contributed by atoms with Crippen LogP contribution in [0.15, 0.2) is 108 Å². The smallest absolute Gasteiger partial charge is 0.316 e. The molecule has 0 radical (unpaired) electrons. The molecule has 0 fully saturated rings. The van der Waals surface area contributed by atoms with Crippen molar-refractivity contribution in [3.05, 3.63) is 119 Å². The van der Waals surface area contributed by atoms with Crippen LogP contribution in [0.5, 0.6) is 11.5 Å². The van der Waals surface area contributed by atoms with Crippen LogP contribution in [0, 0.1) is 0 Å². The average molecular weight is 567 g/mol. The summed E-state index contributed by atoms with van der Waals surface area (Å²) in [6.07, 6.45) is 0. The van der Waals surface area contributed by atoms with Gasteiger partial charge >= 0.3 is 17.0 Å². The zero-order chi connectivity index (χ0) is 27.3. The Morgan fingerprint density at radius 2 is 1.07 bits per heavy atom. The third kappa shape index (κ3) is 1.80. The molecule has 8 heterocycles.